The number of hydrogen-bond acceptors (Lipinski definition) is 6. The lowest BCUT2D eigenvalue weighted by molar-refractivity contribution is -0.189. The maximum Gasteiger partial charge on any atom is 0.417 e. The smallest absolute Gasteiger partial charge is 0.408 e. The number of piperazine rings is 1. The summed E-state index contributed by atoms with van der Waals surface area (Å²) < 4.78 is 33.5. The lowest BCUT2D eigenvalue weighted by Crippen LogP contribution is -2.76. The van der Waals surface area contributed by atoms with E-state index in [4.69, 9.17) is 4.42 Å². The zero-order valence-corrected chi connectivity index (χ0v) is 24.1. The van der Waals surface area contributed by atoms with Crippen molar-refractivity contribution in [1.82, 2.24) is 30.1 Å². The predicted octanol–water partition coefficient (Wildman–Crippen LogP) is 3.14. The summed E-state index contributed by atoms with van der Waals surface area (Å²) >= 11 is 0. The van der Waals surface area contributed by atoms with Crippen LogP contribution in [0.3, 0.4) is 0 Å². The Hall–Kier alpha value is -5.30. The van der Waals surface area contributed by atoms with Crippen LogP contribution in [0.15, 0.2) is 88.6 Å². The summed E-state index contributed by atoms with van der Waals surface area (Å²) in [7, 11) is 0. The number of rotatable bonds is 8. The van der Waals surface area contributed by atoms with Crippen LogP contribution in [0.4, 0.5) is 13.6 Å². The number of aromatic nitrogens is 1. The Balaban J connectivity index is 1.37. The summed E-state index contributed by atoms with van der Waals surface area (Å²) in [5, 5.41) is 5.88. The molecular weight excluding hydrogens is 586 g/mol. The van der Waals surface area contributed by atoms with E-state index in [0.717, 1.165) is 17.7 Å². The number of aromatic amines is 1. The number of halogens is 2. The van der Waals surface area contributed by atoms with Gasteiger partial charge in [-0.15, -0.1) is 6.58 Å². The van der Waals surface area contributed by atoms with Crippen LogP contribution in [-0.2, 0) is 29.1 Å². The van der Waals surface area contributed by atoms with Gasteiger partial charge in [0, 0.05) is 37.7 Å². The zero-order valence-electron chi connectivity index (χ0n) is 24.1. The molecule has 3 aromatic carbocycles. The van der Waals surface area contributed by atoms with Crippen molar-refractivity contribution in [2.45, 2.75) is 31.7 Å². The molecule has 0 bridgehead atoms. The Bertz CT molecular complexity index is 1830. The van der Waals surface area contributed by atoms with E-state index in [0.29, 0.717) is 16.7 Å². The quantitative estimate of drug-likeness (QED) is 0.294. The fourth-order valence-corrected chi connectivity index (χ4v) is 5.90. The fourth-order valence-electron chi connectivity index (χ4n) is 5.90. The topological polar surface area (TPSA) is 122 Å². The van der Waals surface area contributed by atoms with Crippen LogP contribution in [-0.4, -0.2) is 74.5 Å². The zero-order chi connectivity index (χ0) is 31.7. The van der Waals surface area contributed by atoms with Crippen molar-refractivity contribution >= 4 is 28.9 Å². The second-order valence-corrected chi connectivity index (χ2v) is 10.9. The van der Waals surface area contributed by atoms with Crippen LogP contribution in [0, 0.1) is 11.6 Å². The number of hydrazine groups is 1. The first kappa shape index (κ1) is 29.8. The van der Waals surface area contributed by atoms with E-state index in [-0.39, 0.29) is 50.6 Å². The van der Waals surface area contributed by atoms with Gasteiger partial charge in [-0.05, 0) is 29.3 Å². The van der Waals surface area contributed by atoms with Gasteiger partial charge in [0.1, 0.15) is 23.8 Å². The summed E-state index contributed by atoms with van der Waals surface area (Å²) in [6, 6.07) is 15.8. The number of carbonyl (C=O) groups excluding carboxylic acids is 3. The number of oxazole rings is 1. The van der Waals surface area contributed by atoms with Crippen molar-refractivity contribution in [2.24, 2.45) is 0 Å². The monoisotopic (exact) mass is 616 g/mol. The number of nitrogens with zero attached hydrogens (tertiary/aromatic N) is 4. The minimum Gasteiger partial charge on any atom is -0.408 e. The summed E-state index contributed by atoms with van der Waals surface area (Å²) in [5.41, 5.74) is 2.32. The second-order valence-electron chi connectivity index (χ2n) is 10.9. The number of fused-ring (bicyclic) bond motifs is 2. The van der Waals surface area contributed by atoms with Crippen molar-refractivity contribution in [2.75, 3.05) is 19.6 Å². The molecule has 2 N–H and O–H groups in total. The highest BCUT2D eigenvalue weighted by atomic mass is 19.1. The second kappa shape index (κ2) is 12.4. The molecule has 1 aromatic heterocycles. The van der Waals surface area contributed by atoms with Gasteiger partial charge in [-0.1, -0.05) is 48.5 Å². The molecule has 0 radical (unpaired) electrons. The molecule has 4 amide bonds. The molecule has 232 valence electrons. The first-order chi connectivity index (χ1) is 21.7. The first-order valence-electron chi connectivity index (χ1n) is 14.3. The van der Waals surface area contributed by atoms with Gasteiger partial charge in [-0.3, -0.25) is 14.6 Å². The average molecular weight is 617 g/mol. The predicted molar refractivity (Wildman–Crippen MR) is 159 cm³/mol. The van der Waals surface area contributed by atoms with Gasteiger partial charge in [0.05, 0.1) is 18.6 Å². The highest BCUT2D eigenvalue weighted by Gasteiger charge is 2.51. The van der Waals surface area contributed by atoms with Crippen LogP contribution in [0.1, 0.15) is 16.7 Å². The highest BCUT2D eigenvalue weighted by molar-refractivity contribution is 5.92. The maximum absolute atomic E-state index is 14.8. The third-order valence-corrected chi connectivity index (χ3v) is 7.95. The third kappa shape index (κ3) is 6.07. The van der Waals surface area contributed by atoms with E-state index in [1.165, 1.54) is 20.9 Å². The van der Waals surface area contributed by atoms with Crippen molar-refractivity contribution in [1.29, 1.82) is 0 Å². The van der Waals surface area contributed by atoms with Crippen LogP contribution in [0.2, 0.25) is 0 Å². The number of urea groups is 1. The molecule has 0 unspecified atom stereocenters. The molecule has 13 heteroatoms. The van der Waals surface area contributed by atoms with Gasteiger partial charge in [0.15, 0.2) is 5.58 Å². The van der Waals surface area contributed by atoms with Crippen molar-refractivity contribution in [3.63, 3.8) is 0 Å². The number of hydrogen-bond donors (Lipinski definition) is 2. The minimum absolute atomic E-state index is 0.0353. The van der Waals surface area contributed by atoms with E-state index in [1.54, 1.807) is 29.3 Å². The summed E-state index contributed by atoms with van der Waals surface area (Å²) in [5.74, 6) is -3.04. The van der Waals surface area contributed by atoms with Gasteiger partial charge >= 0.3 is 11.8 Å². The molecule has 0 saturated carbocycles. The Morgan fingerprint density at radius 3 is 2.60 bits per heavy atom. The van der Waals surface area contributed by atoms with Crippen LogP contribution >= 0.6 is 0 Å². The average Bonchev–Trinajstić information content (AvgIpc) is 3.39. The fraction of sp³-hybridized carbons (Fsp3) is 0.250. The number of carbonyl (C=O) groups is 3. The Morgan fingerprint density at radius 2 is 1.84 bits per heavy atom. The molecule has 2 fully saturated rings. The van der Waals surface area contributed by atoms with E-state index >= 15 is 0 Å². The largest absolute Gasteiger partial charge is 0.417 e. The lowest BCUT2D eigenvalue weighted by Gasteiger charge is -2.55. The number of benzene rings is 3. The molecule has 6 rings (SSSR count). The first-order valence-corrected chi connectivity index (χ1v) is 14.3. The van der Waals surface area contributed by atoms with Crippen LogP contribution in [0.5, 0.6) is 0 Å². The number of H-pyrrole nitrogens is 1. The van der Waals surface area contributed by atoms with Gasteiger partial charge in [-0.25, -0.2) is 28.4 Å². The summed E-state index contributed by atoms with van der Waals surface area (Å²) in [4.78, 5) is 58.7. The Kier molecular flexibility index (Phi) is 8.18. The molecule has 3 heterocycles. The van der Waals surface area contributed by atoms with Crippen molar-refractivity contribution < 1.29 is 27.6 Å². The van der Waals surface area contributed by atoms with Crippen molar-refractivity contribution in [3.05, 3.63) is 118 Å². The van der Waals surface area contributed by atoms with Crippen LogP contribution in [0.25, 0.3) is 11.1 Å². The summed E-state index contributed by atoms with van der Waals surface area (Å²) in [6.07, 6.45) is 0.650. The molecular formula is C32H30F2N6O5. The van der Waals surface area contributed by atoms with E-state index in [9.17, 15) is 28.0 Å². The molecule has 4 aromatic rings. The number of nitrogens with one attached hydrogen (secondary N) is 2. The molecule has 2 aliphatic heterocycles. The highest BCUT2D eigenvalue weighted by Crippen LogP contribution is 2.30. The van der Waals surface area contributed by atoms with Gasteiger partial charge in [-0.2, -0.15) is 0 Å². The van der Waals surface area contributed by atoms with E-state index < -0.39 is 41.5 Å². The number of amides is 4. The Labute approximate surface area is 256 Å². The van der Waals surface area contributed by atoms with E-state index in [1.807, 2.05) is 30.3 Å². The molecule has 2 saturated heterocycles. The molecule has 11 nitrogen and oxygen atoms in total. The van der Waals surface area contributed by atoms with Gasteiger partial charge in [0.2, 0.25) is 11.8 Å². The molecule has 2 atom stereocenters. The summed E-state index contributed by atoms with van der Waals surface area (Å²) in [6.45, 7) is 3.63. The lowest BCUT2D eigenvalue weighted by atomic mass is 9.98. The molecule has 45 heavy (non-hydrogen) atoms. The maximum atomic E-state index is 14.8. The molecule has 0 aliphatic carbocycles. The molecule has 2 aliphatic rings. The van der Waals surface area contributed by atoms with Gasteiger partial charge < -0.3 is 19.5 Å². The molecule has 0 spiro atoms. The van der Waals surface area contributed by atoms with Crippen LogP contribution < -0.4 is 11.1 Å². The van der Waals surface area contributed by atoms with Crippen molar-refractivity contribution in [3.8, 4) is 0 Å². The minimum atomic E-state index is -1.08. The third-order valence-electron chi connectivity index (χ3n) is 7.95. The van der Waals surface area contributed by atoms with Gasteiger partial charge in [0.25, 0.3) is 0 Å². The normalized spacial score (nSPS) is 18.8. The standard InChI is InChI=1S/C32H30F2N6O5/c1-2-12-38-19-29(41)39-26(14-21-8-11-27-25(13-21)36-32(44)45-27)30(42)37(17-22-9-10-23(33)15-24(22)34)18-28(39)40(38)31(43)35-16-20-6-4-3-5-7-20/h2-11,13,15,26,28H,1,12,14,16-19H2,(H,35,43)(H,36,44)/t26-,28-/m0/s1. The van der Waals surface area contributed by atoms with E-state index in [2.05, 4.69) is 16.9 Å². The SMILES string of the molecule is C=CCN1CC(=O)N2[C@@H](Cc3ccc4oc(=O)[nH]c4c3)C(=O)N(Cc3ccc(F)cc3F)C[C@@H]2N1C(=O)NCc1ccccc1. The Morgan fingerprint density at radius 1 is 1.04 bits per heavy atom.